The maximum Gasteiger partial charge on any atom is 0.0207 e. The summed E-state index contributed by atoms with van der Waals surface area (Å²) in [5.41, 5.74) is 1.55. The number of hydrogen-bond acceptors (Lipinski definition) is 1. The highest BCUT2D eigenvalue weighted by Gasteiger charge is 2.51. The molecule has 0 spiro atoms. The molecule has 0 saturated heterocycles. The summed E-state index contributed by atoms with van der Waals surface area (Å²) in [6.45, 7) is 43.7. The Hall–Kier alpha value is -0.0400. The SMILES string of the molecule is CCC(C)(NC(C)(C)C(C)(C)C)C(C)(C)CC(C)(C)C(C)(C)CC(C)(C)C(C)(C)C. The number of nitrogens with one attached hydrogen (secondary N) is 1. The molecule has 0 fully saturated rings. The van der Waals surface area contributed by atoms with E-state index in [0.29, 0.717) is 10.8 Å². The minimum Gasteiger partial charge on any atom is -0.306 e. The van der Waals surface area contributed by atoms with Gasteiger partial charge < -0.3 is 5.32 Å². The topological polar surface area (TPSA) is 12.0 Å². The predicted molar refractivity (Wildman–Crippen MR) is 139 cm³/mol. The highest BCUT2D eigenvalue weighted by Crippen LogP contribution is 2.57. The lowest BCUT2D eigenvalue weighted by atomic mass is 9.51. The summed E-state index contributed by atoms with van der Waals surface area (Å²) in [6, 6.07) is 0. The summed E-state index contributed by atoms with van der Waals surface area (Å²) in [6.07, 6.45) is 3.56. The van der Waals surface area contributed by atoms with Crippen molar-refractivity contribution in [3.63, 3.8) is 0 Å². The van der Waals surface area contributed by atoms with Gasteiger partial charge in [0.25, 0.3) is 0 Å². The van der Waals surface area contributed by atoms with Crippen molar-refractivity contribution in [1.29, 1.82) is 0 Å². The van der Waals surface area contributed by atoms with Crippen LogP contribution in [0.2, 0.25) is 0 Å². The Balaban J connectivity index is 5.95. The van der Waals surface area contributed by atoms with E-state index in [1.54, 1.807) is 0 Å². The van der Waals surface area contributed by atoms with E-state index < -0.39 is 0 Å². The molecule has 0 radical (unpaired) electrons. The van der Waals surface area contributed by atoms with Crippen molar-refractivity contribution in [1.82, 2.24) is 5.32 Å². The van der Waals surface area contributed by atoms with Gasteiger partial charge in [0, 0.05) is 11.1 Å². The second-order valence-corrected chi connectivity index (χ2v) is 15.8. The summed E-state index contributed by atoms with van der Waals surface area (Å²) in [5.74, 6) is 0. The van der Waals surface area contributed by atoms with Crippen LogP contribution in [0.25, 0.3) is 0 Å². The van der Waals surface area contributed by atoms with Gasteiger partial charge in [-0.15, -0.1) is 0 Å². The fourth-order valence-electron chi connectivity index (χ4n) is 4.76. The Bertz CT molecular complexity index is 560. The van der Waals surface area contributed by atoms with E-state index in [0.717, 1.165) is 6.42 Å². The lowest BCUT2D eigenvalue weighted by Crippen LogP contribution is -2.65. The monoisotopic (exact) mass is 423 g/mol. The van der Waals surface area contributed by atoms with Crippen LogP contribution in [0, 0.1) is 32.5 Å². The highest BCUT2D eigenvalue weighted by molar-refractivity contribution is 5.06. The second-order valence-electron chi connectivity index (χ2n) is 15.8. The molecule has 0 saturated carbocycles. The zero-order valence-electron chi connectivity index (χ0n) is 24.6. The van der Waals surface area contributed by atoms with Gasteiger partial charge in [-0.05, 0) is 72.5 Å². The van der Waals surface area contributed by atoms with Gasteiger partial charge in [-0.3, -0.25) is 0 Å². The largest absolute Gasteiger partial charge is 0.306 e. The quantitative estimate of drug-likeness (QED) is 0.389. The van der Waals surface area contributed by atoms with Crippen LogP contribution in [0.5, 0.6) is 0 Å². The predicted octanol–water partition coefficient (Wildman–Crippen LogP) is 9.50. The van der Waals surface area contributed by atoms with E-state index in [9.17, 15) is 0 Å². The molecular weight excluding hydrogens is 362 g/mol. The van der Waals surface area contributed by atoms with Crippen molar-refractivity contribution in [3.05, 3.63) is 0 Å². The summed E-state index contributed by atoms with van der Waals surface area (Å²) < 4.78 is 0. The first kappa shape index (κ1) is 30.0. The number of rotatable bonds is 9. The molecule has 1 nitrogen and oxygen atoms in total. The highest BCUT2D eigenvalue weighted by atomic mass is 15.1. The maximum atomic E-state index is 4.15. The zero-order valence-corrected chi connectivity index (χ0v) is 24.6. The molecule has 1 N–H and O–H groups in total. The third-order valence-electron chi connectivity index (χ3n) is 10.3. The van der Waals surface area contributed by atoms with Crippen molar-refractivity contribution >= 4 is 0 Å². The molecule has 0 aromatic rings. The van der Waals surface area contributed by atoms with E-state index in [-0.39, 0.29) is 32.7 Å². The zero-order chi connectivity index (χ0) is 24.8. The normalized spacial score (nSPS) is 17.8. The van der Waals surface area contributed by atoms with Gasteiger partial charge in [0.1, 0.15) is 0 Å². The van der Waals surface area contributed by atoms with Crippen LogP contribution in [-0.2, 0) is 0 Å². The average molecular weight is 424 g/mol. The van der Waals surface area contributed by atoms with Crippen LogP contribution in [-0.4, -0.2) is 11.1 Å². The fourth-order valence-corrected chi connectivity index (χ4v) is 4.76. The molecule has 0 aliphatic heterocycles. The van der Waals surface area contributed by atoms with Crippen molar-refractivity contribution in [3.8, 4) is 0 Å². The molecule has 0 aromatic carbocycles. The first-order chi connectivity index (χ1) is 12.7. The van der Waals surface area contributed by atoms with E-state index in [2.05, 4.69) is 130 Å². The molecule has 0 heterocycles. The van der Waals surface area contributed by atoms with Crippen molar-refractivity contribution < 1.29 is 0 Å². The molecule has 1 atom stereocenters. The molecule has 1 heteroatoms. The summed E-state index contributed by atoms with van der Waals surface area (Å²) in [4.78, 5) is 0. The summed E-state index contributed by atoms with van der Waals surface area (Å²) in [7, 11) is 0. The van der Waals surface area contributed by atoms with Gasteiger partial charge in [-0.2, -0.15) is 0 Å². The first-order valence-electron chi connectivity index (χ1n) is 12.5. The van der Waals surface area contributed by atoms with Crippen LogP contribution in [0.3, 0.4) is 0 Å². The lowest BCUT2D eigenvalue weighted by molar-refractivity contribution is -0.0458. The lowest BCUT2D eigenvalue weighted by Gasteiger charge is -2.57. The van der Waals surface area contributed by atoms with Crippen molar-refractivity contribution in [2.75, 3.05) is 0 Å². The molecule has 0 bridgehead atoms. The maximum absolute atomic E-state index is 4.15. The van der Waals surface area contributed by atoms with Gasteiger partial charge in [0.2, 0.25) is 0 Å². The molecule has 0 aliphatic carbocycles. The summed E-state index contributed by atoms with van der Waals surface area (Å²) >= 11 is 0. The standard InChI is InChI=1S/C29H61N/c1-19-29(18,30-28(16,17)23(5,6)7)27(14,15)21-26(12,13)25(10,11)20-24(8,9)22(2,3)4/h30H,19-21H2,1-18H3. The van der Waals surface area contributed by atoms with Crippen LogP contribution in [0.4, 0.5) is 0 Å². The Morgan fingerprint density at radius 2 is 0.767 bits per heavy atom. The van der Waals surface area contributed by atoms with Gasteiger partial charge in [-0.1, -0.05) is 104 Å². The van der Waals surface area contributed by atoms with E-state index in [1.165, 1.54) is 12.8 Å². The Labute approximate surface area is 193 Å². The van der Waals surface area contributed by atoms with Crippen molar-refractivity contribution in [2.24, 2.45) is 32.5 Å². The molecule has 0 aromatic heterocycles. The Morgan fingerprint density at radius 1 is 0.433 bits per heavy atom. The average Bonchev–Trinajstić information content (AvgIpc) is 2.41. The smallest absolute Gasteiger partial charge is 0.0207 e. The minimum atomic E-state index is 0.0584. The van der Waals surface area contributed by atoms with Crippen LogP contribution in [0.15, 0.2) is 0 Å². The van der Waals surface area contributed by atoms with Crippen LogP contribution >= 0.6 is 0 Å². The molecule has 182 valence electrons. The Kier molecular flexibility index (Phi) is 8.37. The minimum absolute atomic E-state index is 0.0584. The fraction of sp³-hybridized carbons (Fsp3) is 1.00. The summed E-state index contributed by atoms with van der Waals surface area (Å²) in [5, 5.41) is 4.15. The third kappa shape index (κ3) is 6.26. The van der Waals surface area contributed by atoms with E-state index >= 15 is 0 Å². The van der Waals surface area contributed by atoms with E-state index in [4.69, 9.17) is 0 Å². The molecular formula is C29H61N. The van der Waals surface area contributed by atoms with E-state index in [1.807, 2.05) is 0 Å². The molecule has 0 rings (SSSR count). The van der Waals surface area contributed by atoms with Crippen LogP contribution in [0.1, 0.15) is 144 Å². The van der Waals surface area contributed by atoms with Gasteiger partial charge in [-0.25, -0.2) is 0 Å². The Morgan fingerprint density at radius 3 is 1.03 bits per heavy atom. The molecule has 30 heavy (non-hydrogen) atoms. The molecule has 0 aliphatic rings. The molecule has 1 unspecified atom stereocenters. The first-order valence-corrected chi connectivity index (χ1v) is 12.5. The molecule has 0 amide bonds. The van der Waals surface area contributed by atoms with Gasteiger partial charge in [0.05, 0.1) is 0 Å². The van der Waals surface area contributed by atoms with Gasteiger partial charge >= 0.3 is 0 Å². The van der Waals surface area contributed by atoms with Crippen molar-refractivity contribution in [2.45, 2.75) is 155 Å². The van der Waals surface area contributed by atoms with Crippen LogP contribution < -0.4 is 5.32 Å². The second kappa shape index (κ2) is 8.39. The van der Waals surface area contributed by atoms with Gasteiger partial charge in [0.15, 0.2) is 0 Å². The third-order valence-corrected chi connectivity index (χ3v) is 10.3. The number of hydrogen-bond donors (Lipinski definition) is 1.